The van der Waals surface area contributed by atoms with Crippen molar-refractivity contribution in [2.24, 2.45) is 0 Å². The van der Waals surface area contributed by atoms with E-state index in [4.69, 9.17) is 4.74 Å². The van der Waals surface area contributed by atoms with Crippen molar-refractivity contribution >= 4 is 34.9 Å². The number of rotatable bonds is 4. The summed E-state index contributed by atoms with van der Waals surface area (Å²) in [6.07, 6.45) is 1.85. The molecule has 1 aliphatic heterocycles. The first kappa shape index (κ1) is 17.8. The third kappa shape index (κ3) is 3.11. The molecule has 0 saturated carbocycles. The smallest absolute Gasteiger partial charge is 0.336 e. The molecule has 2 aromatic rings. The molecule has 0 bridgehead atoms. The van der Waals surface area contributed by atoms with Crippen molar-refractivity contribution in [1.82, 2.24) is 9.97 Å². The quantitative estimate of drug-likeness (QED) is 0.483. The number of nitrogens with one attached hydrogen (secondary N) is 2. The maximum Gasteiger partial charge on any atom is 0.336 e. The van der Waals surface area contributed by atoms with E-state index in [2.05, 4.69) is 15.3 Å². The molecule has 0 aromatic carbocycles. The monoisotopic (exact) mass is 377 g/mol. The largest absolute Gasteiger partial charge is 0.463 e. The van der Waals surface area contributed by atoms with Crippen molar-refractivity contribution in [1.29, 1.82) is 0 Å². The number of ether oxygens (including phenoxy) is 1. The van der Waals surface area contributed by atoms with Gasteiger partial charge in [0.1, 0.15) is 5.82 Å². The number of fused-ring (bicyclic) bond motifs is 1. The molecule has 25 heavy (non-hydrogen) atoms. The molecule has 0 radical (unpaired) electrons. The highest BCUT2D eigenvalue weighted by Gasteiger charge is 2.37. The summed E-state index contributed by atoms with van der Waals surface area (Å²) in [6.45, 7) is 5.83. The molecule has 2 N–H and O–H groups in total. The van der Waals surface area contributed by atoms with E-state index in [1.807, 2.05) is 31.5 Å². The number of carbonyl (C=O) groups excluding carboxylic acids is 1. The standard InChI is InChI=1S/C17H19N3O3S2/c1-5-23-16(22)10-9(3)18-14-12(15(21)20-17(19-14)24-4)11(10)13-8(2)6-7-25-13/h6-7,11H,5H2,1-4H3,(H2,18,19,20,21)/t11-/m0/s1. The molecule has 2 aromatic heterocycles. The van der Waals surface area contributed by atoms with E-state index < -0.39 is 11.9 Å². The van der Waals surface area contributed by atoms with E-state index in [9.17, 15) is 9.59 Å². The summed E-state index contributed by atoms with van der Waals surface area (Å²) in [5, 5.41) is 5.61. The molecular formula is C17H19N3O3S2. The van der Waals surface area contributed by atoms with Crippen LogP contribution < -0.4 is 10.9 Å². The average molecular weight is 377 g/mol. The van der Waals surface area contributed by atoms with Crippen LogP contribution in [0.2, 0.25) is 0 Å². The summed E-state index contributed by atoms with van der Waals surface area (Å²) in [4.78, 5) is 33.6. The molecule has 0 fully saturated rings. The van der Waals surface area contributed by atoms with Crippen LogP contribution in [0.15, 0.2) is 32.7 Å². The van der Waals surface area contributed by atoms with Crippen molar-refractivity contribution in [3.63, 3.8) is 0 Å². The Balaban J connectivity index is 2.27. The fourth-order valence-electron chi connectivity index (χ4n) is 2.95. The Hall–Kier alpha value is -2.06. The maximum absolute atomic E-state index is 12.8. The second-order valence-electron chi connectivity index (χ2n) is 5.62. The molecule has 132 valence electrons. The van der Waals surface area contributed by atoms with E-state index in [0.717, 1.165) is 10.4 Å². The molecule has 0 aliphatic carbocycles. The molecular weight excluding hydrogens is 358 g/mol. The van der Waals surface area contributed by atoms with E-state index in [-0.39, 0.29) is 12.2 Å². The minimum Gasteiger partial charge on any atom is -0.463 e. The number of allylic oxidation sites excluding steroid dienone is 1. The van der Waals surface area contributed by atoms with Crippen molar-refractivity contribution in [2.75, 3.05) is 18.2 Å². The Kier molecular flexibility index (Phi) is 5.01. The van der Waals surface area contributed by atoms with Gasteiger partial charge in [-0.3, -0.25) is 4.79 Å². The fraction of sp³-hybridized carbons (Fsp3) is 0.353. The first-order valence-electron chi connectivity index (χ1n) is 7.85. The molecule has 0 amide bonds. The SMILES string of the molecule is CCOC(=O)C1=C(C)Nc2nc(SC)[nH]c(=O)c2[C@H]1c1sccc1C. The Bertz CT molecular complexity index is 914. The number of thiophene rings is 1. The highest BCUT2D eigenvalue weighted by molar-refractivity contribution is 7.98. The van der Waals surface area contributed by atoms with Crippen LogP contribution in [0.25, 0.3) is 0 Å². The second-order valence-corrected chi connectivity index (χ2v) is 7.37. The van der Waals surface area contributed by atoms with Gasteiger partial charge in [-0.25, -0.2) is 9.78 Å². The lowest BCUT2D eigenvalue weighted by molar-refractivity contribution is -0.138. The summed E-state index contributed by atoms with van der Waals surface area (Å²) < 4.78 is 5.25. The number of esters is 1. The molecule has 1 aliphatic rings. The lowest BCUT2D eigenvalue weighted by Crippen LogP contribution is -2.31. The van der Waals surface area contributed by atoms with Gasteiger partial charge in [0.15, 0.2) is 5.16 Å². The number of H-pyrrole nitrogens is 1. The molecule has 3 rings (SSSR count). The summed E-state index contributed by atoms with van der Waals surface area (Å²) in [7, 11) is 0. The van der Waals surface area contributed by atoms with Crippen LogP contribution >= 0.6 is 23.1 Å². The van der Waals surface area contributed by atoms with Gasteiger partial charge in [-0.05, 0) is 44.0 Å². The number of carbonyl (C=O) groups is 1. The van der Waals surface area contributed by atoms with Crippen LogP contribution in [-0.4, -0.2) is 28.8 Å². The van der Waals surface area contributed by atoms with Crippen LogP contribution in [0.3, 0.4) is 0 Å². The molecule has 8 heteroatoms. The van der Waals surface area contributed by atoms with Gasteiger partial charge in [0.2, 0.25) is 0 Å². The van der Waals surface area contributed by atoms with Gasteiger partial charge in [0, 0.05) is 10.6 Å². The van der Waals surface area contributed by atoms with Gasteiger partial charge in [0.05, 0.1) is 23.7 Å². The van der Waals surface area contributed by atoms with E-state index in [0.29, 0.717) is 27.8 Å². The van der Waals surface area contributed by atoms with Gasteiger partial charge in [-0.15, -0.1) is 11.3 Å². The number of thioether (sulfide) groups is 1. The topological polar surface area (TPSA) is 84.1 Å². The molecule has 3 heterocycles. The minimum absolute atomic E-state index is 0.242. The number of anilines is 1. The number of aryl methyl sites for hydroxylation is 1. The van der Waals surface area contributed by atoms with E-state index >= 15 is 0 Å². The van der Waals surface area contributed by atoms with Gasteiger partial charge < -0.3 is 15.0 Å². The first-order valence-corrected chi connectivity index (χ1v) is 9.95. The van der Waals surface area contributed by atoms with Crippen LogP contribution in [0.4, 0.5) is 5.82 Å². The summed E-state index contributed by atoms with van der Waals surface area (Å²) in [5.41, 5.74) is 2.37. The molecule has 0 unspecified atom stereocenters. The average Bonchev–Trinajstić information content (AvgIpc) is 2.99. The summed E-state index contributed by atoms with van der Waals surface area (Å²) in [5.74, 6) is -0.400. The van der Waals surface area contributed by atoms with Gasteiger partial charge in [-0.2, -0.15) is 0 Å². The predicted molar refractivity (Wildman–Crippen MR) is 100 cm³/mol. The van der Waals surface area contributed by atoms with Gasteiger partial charge >= 0.3 is 5.97 Å². The van der Waals surface area contributed by atoms with Gasteiger partial charge in [-0.1, -0.05) is 11.8 Å². The van der Waals surface area contributed by atoms with E-state index in [1.54, 1.807) is 6.92 Å². The Morgan fingerprint density at radius 2 is 2.20 bits per heavy atom. The first-order chi connectivity index (χ1) is 12.0. The third-order valence-electron chi connectivity index (χ3n) is 4.07. The van der Waals surface area contributed by atoms with Crippen molar-refractivity contribution in [3.05, 3.63) is 49.1 Å². The zero-order chi connectivity index (χ0) is 18.1. The third-order valence-corrected chi connectivity index (χ3v) is 5.74. The molecule has 6 nitrogen and oxygen atoms in total. The highest BCUT2D eigenvalue weighted by atomic mass is 32.2. The van der Waals surface area contributed by atoms with Gasteiger partial charge in [0.25, 0.3) is 5.56 Å². The highest BCUT2D eigenvalue weighted by Crippen LogP contribution is 2.42. The van der Waals surface area contributed by atoms with Crippen LogP contribution in [-0.2, 0) is 9.53 Å². The van der Waals surface area contributed by atoms with E-state index in [1.165, 1.54) is 23.1 Å². The fourth-order valence-corrected chi connectivity index (χ4v) is 4.37. The normalized spacial score (nSPS) is 16.4. The zero-order valence-corrected chi connectivity index (χ0v) is 16.1. The number of aromatic nitrogens is 2. The zero-order valence-electron chi connectivity index (χ0n) is 14.4. The van der Waals surface area contributed by atoms with Crippen LogP contribution in [0.5, 0.6) is 0 Å². The van der Waals surface area contributed by atoms with Crippen LogP contribution in [0.1, 0.15) is 35.8 Å². The second kappa shape index (κ2) is 7.05. The van der Waals surface area contributed by atoms with Crippen molar-refractivity contribution < 1.29 is 9.53 Å². The minimum atomic E-state index is -0.484. The summed E-state index contributed by atoms with van der Waals surface area (Å²) >= 11 is 2.89. The predicted octanol–water partition coefficient (Wildman–Crippen LogP) is 3.26. The van der Waals surface area contributed by atoms with Crippen molar-refractivity contribution in [3.8, 4) is 0 Å². The Labute approximate surface area is 153 Å². The number of hydrogen-bond donors (Lipinski definition) is 2. The maximum atomic E-state index is 12.8. The number of nitrogens with zero attached hydrogens (tertiary/aromatic N) is 1. The lowest BCUT2D eigenvalue weighted by Gasteiger charge is -2.28. The Morgan fingerprint density at radius 1 is 1.44 bits per heavy atom. The molecule has 1 atom stereocenters. The molecule has 0 saturated heterocycles. The summed E-state index contributed by atoms with van der Waals surface area (Å²) in [6, 6.07) is 1.98. The lowest BCUT2D eigenvalue weighted by atomic mass is 9.85. The Morgan fingerprint density at radius 3 is 2.80 bits per heavy atom. The molecule has 0 spiro atoms. The number of hydrogen-bond acceptors (Lipinski definition) is 7. The van der Waals surface area contributed by atoms with Crippen LogP contribution in [0, 0.1) is 6.92 Å². The van der Waals surface area contributed by atoms with Crippen molar-refractivity contribution in [2.45, 2.75) is 31.8 Å². The number of aromatic amines is 1.